The van der Waals surface area contributed by atoms with Crippen molar-refractivity contribution >= 4 is 21.7 Å². The molecule has 0 radical (unpaired) electrons. The van der Waals surface area contributed by atoms with E-state index in [2.05, 4.69) is 20.4 Å². The van der Waals surface area contributed by atoms with E-state index in [1.807, 2.05) is 36.4 Å². The van der Waals surface area contributed by atoms with Crippen molar-refractivity contribution in [3.63, 3.8) is 0 Å². The van der Waals surface area contributed by atoms with Crippen LogP contribution in [0.5, 0.6) is 5.75 Å². The average Bonchev–Trinajstić information content (AvgIpc) is 2.88. The van der Waals surface area contributed by atoms with Gasteiger partial charge in [0.1, 0.15) is 5.75 Å². The number of amides is 1. The van der Waals surface area contributed by atoms with E-state index in [1.54, 1.807) is 19.2 Å². The van der Waals surface area contributed by atoms with Crippen molar-refractivity contribution < 1.29 is 17.9 Å². The zero-order valence-corrected chi connectivity index (χ0v) is 20.4. The molecular weight excluding hydrogens is 466 g/mol. The van der Waals surface area contributed by atoms with Crippen LogP contribution in [0.2, 0.25) is 0 Å². The van der Waals surface area contributed by atoms with Crippen molar-refractivity contribution in [2.75, 3.05) is 31.6 Å². The molecule has 1 saturated heterocycles. The lowest BCUT2D eigenvalue weighted by atomic mass is 9.97. The first-order chi connectivity index (χ1) is 16.8. The zero-order valence-electron chi connectivity index (χ0n) is 19.6. The van der Waals surface area contributed by atoms with Gasteiger partial charge < -0.3 is 15.0 Å². The Morgan fingerprint density at radius 2 is 1.89 bits per heavy atom. The smallest absolute Gasteiger partial charge is 0.238 e. The van der Waals surface area contributed by atoms with Gasteiger partial charge in [0.05, 0.1) is 23.6 Å². The Bertz CT molecular complexity index is 1260. The molecule has 1 fully saturated rings. The van der Waals surface area contributed by atoms with E-state index in [9.17, 15) is 13.2 Å². The number of primary sulfonamides is 1. The summed E-state index contributed by atoms with van der Waals surface area (Å²) in [4.78, 5) is 14.9. The summed E-state index contributed by atoms with van der Waals surface area (Å²) in [6.45, 7) is 1.87. The van der Waals surface area contributed by atoms with Gasteiger partial charge in [0.2, 0.25) is 15.9 Å². The summed E-state index contributed by atoms with van der Waals surface area (Å²) in [5.41, 5.74) is 2.53. The number of anilines is 1. The molecule has 1 unspecified atom stereocenters. The fourth-order valence-electron chi connectivity index (χ4n) is 4.21. The fourth-order valence-corrected chi connectivity index (χ4v) is 4.73. The number of methoxy groups -OCH3 is 1. The molecule has 1 aliphatic rings. The van der Waals surface area contributed by atoms with Crippen LogP contribution in [0.15, 0.2) is 65.6 Å². The lowest BCUT2D eigenvalue weighted by Crippen LogP contribution is -2.43. The standard InChI is InChI=1S/C25H29N5O4S/c1-34-23-7-3-2-6-21(23)22-12-13-24(29-28-22)30-16-4-5-19(17-30)25(31)27-15-14-18-8-10-20(11-9-18)35(26,32)33/h2-3,6-13,19H,4-5,14-17H2,1H3,(H,27,31)(H2,26,32,33). The maximum atomic E-state index is 12.8. The third kappa shape index (κ3) is 6.14. The Kier molecular flexibility index (Phi) is 7.62. The first-order valence-corrected chi connectivity index (χ1v) is 13.0. The van der Waals surface area contributed by atoms with Gasteiger partial charge in [0.15, 0.2) is 5.82 Å². The number of nitrogens with one attached hydrogen (secondary N) is 1. The summed E-state index contributed by atoms with van der Waals surface area (Å²) in [5, 5.41) is 16.9. The summed E-state index contributed by atoms with van der Waals surface area (Å²) >= 11 is 0. The van der Waals surface area contributed by atoms with Gasteiger partial charge in [-0.05, 0) is 61.2 Å². The van der Waals surface area contributed by atoms with Gasteiger partial charge in [-0.3, -0.25) is 4.79 Å². The summed E-state index contributed by atoms with van der Waals surface area (Å²) in [6.07, 6.45) is 2.31. The van der Waals surface area contributed by atoms with Gasteiger partial charge in [-0.15, -0.1) is 10.2 Å². The van der Waals surface area contributed by atoms with Gasteiger partial charge in [-0.2, -0.15) is 0 Å². The average molecular weight is 496 g/mol. The van der Waals surface area contributed by atoms with Crippen molar-refractivity contribution in [2.45, 2.75) is 24.2 Å². The van der Waals surface area contributed by atoms with Gasteiger partial charge in [0, 0.05) is 25.2 Å². The molecule has 3 N–H and O–H groups in total. The van der Waals surface area contributed by atoms with Crippen LogP contribution in [0.25, 0.3) is 11.3 Å². The van der Waals surface area contributed by atoms with Crippen LogP contribution in [0.4, 0.5) is 5.82 Å². The predicted molar refractivity (Wildman–Crippen MR) is 133 cm³/mol. The SMILES string of the molecule is COc1ccccc1-c1ccc(N2CCCC(C(=O)NCCc3ccc(S(N)(=O)=O)cc3)C2)nn1. The fraction of sp³-hybridized carbons (Fsp3) is 0.320. The van der Waals surface area contributed by atoms with E-state index in [0.29, 0.717) is 19.5 Å². The quantitative estimate of drug-likeness (QED) is 0.491. The summed E-state index contributed by atoms with van der Waals surface area (Å²) < 4.78 is 28.1. The second kappa shape index (κ2) is 10.8. The largest absolute Gasteiger partial charge is 0.496 e. The number of rotatable bonds is 8. The Balaban J connectivity index is 1.32. The number of para-hydroxylation sites is 1. The molecule has 1 atom stereocenters. The Morgan fingerprint density at radius 3 is 2.57 bits per heavy atom. The van der Waals surface area contributed by atoms with Crippen molar-refractivity contribution in [1.82, 2.24) is 15.5 Å². The number of carbonyl (C=O) groups is 1. The molecule has 184 valence electrons. The van der Waals surface area contributed by atoms with Crippen LogP contribution in [-0.4, -0.2) is 51.3 Å². The normalized spacial score (nSPS) is 16.1. The number of nitrogens with two attached hydrogens (primary N) is 1. The number of carbonyl (C=O) groups excluding carboxylic acids is 1. The summed E-state index contributed by atoms with van der Waals surface area (Å²) in [5.74, 6) is 1.36. The molecule has 10 heteroatoms. The van der Waals surface area contributed by atoms with E-state index in [-0.39, 0.29) is 16.7 Å². The molecule has 1 aromatic heterocycles. The third-order valence-corrected chi connectivity index (χ3v) is 7.04. The first kappa shape index (κ1) is 24.6. The lowest BCUT2D eigenvalue weighted by molar-refractivity contribution is -0.125. The Hall–Kier alpha value is -3.50. The maximum Gasteiger partial charge on any atom is 0.238 e. The van der Waals surface area contributed by atoms with Crippen LogP contribution in [-0.2, 0) is 21.2 Å². The number of benzene rings is 2. The minimum atomic E-state index is -3.71. The number of ether oxygens (including phenoxy) is 1. The lowest BCUT2D eigenvalue weighted by Gasteiger charge is -2.32. The van der Waals surface area contributed by atoms with Crippen molar-refractivity contribution in [2.24, 2.45) is 11.1 Å². The van der Waals surface area contributed by atoms with Gasteiger partial charge >= 0.3 is 0 Å². The number of sulfonamides is 1. The highest BCUT2D eigenvalue weighted by Crippen LogP contribution is 2.29. The number of aromatic nitrogens is 2. The molecule has 1 aliphatic heterocycles. The molecule has 2 heterocycles. The van der Waals surface area contributed by atoms with Crippen LogP contribution >= 0.6 is 0 Å². The Morgan fingerprint density at radius 1 is 1.11 bits per heavy atom. The van der Waals surface area contributed by atoms with E-state index in [1.165, 1.54) is 12.1 Å². The number of hydrogen-bond donors (Lipinski definition) is 2. The monoisotopic (exact) mass is 495 g/mol. The third-order valence-electron chi connectivity index (χ3n) is 6.11. The molecular formula is C25H29N5O4S. The molecule has 1 amide bonds. The number of hydrogen-bond acceptors (Lipinski definition) is 7. The molecule has 4 rings (SSSR count). The van der Waals surface area contributed by atoms with Gasteiger partial charge in [0.25, 0.3) is 0 Å². The second-order valence-corrected chi connectivity index (χ2v) is 10.1. The zero-order chi connectivity index (χ0) is 24.8. The highest BCUT2D eigenvalue weighted by Gasteiger charge is 2.26. The van der Waals surface area contributed by atoms with Crippen LogP contribution in [0, 0.1) is 5.92 Å². The van der Waals surface area contributed by atoms with E-state index in [4.69, 9.17) is 9.88 Å². The number of piperidine rings is 1. The van der Waals surface area contributed by atoms with E-state index < -0.39 is 10.0 Å². The minimum absolute atomic E-state index is 0.00876. The molecule has 9 nitrogen and oxygen atoms in total. The second-order valence-electron chi connectivity index (χ2n) is 8.49. The van der Waals surface area contributed by atoms with Gasteiger partial charge in [-0.1, -0.05) is 24.3 Å². The molecule has 0 saturated carbocycles. The van der Waals surface area contributed by atoms with Crippen molar-refractivity contribution in [3.8, 4) is 17.0 Å². The number of nitrogens with zero attached hydrogens (tertiary/aromatic N) is 3. The molecule has 0 aliphatic carbocycles. The first-order valence-electron chi connectivity index (χ1n) is 11.5. The van der Waals surface area contributed by atoms with Crippen molar-refractivity contribution in [3.05, 3.63) is 66.2 Å². The van der Waals surface area contributed by atoms with E-state index >= 15 is 0 Å². The summed E-state index contributed by atoms with van der Waals surface area (Å²) in [6, 6.07) is 17.9. The molecule has 0 spiro atoms. The molecule has 3 aromatic rings. The highest BCUT2D eigenvalue weighted by molar-refractivity contribution is 7.89. The van der Waals surface area contributed by atoms with Crippen molar-refractivity contribution in [1.29, 1.82) is 0 Å². The van der Waals surface area contributed by atoms with Crippen LogP contribution < -0.4 is 20.1 Å². The molecule has 2 aromatic carbocycles. The molecule has 0 bridgehead atoms. The van der Waals surface area contributed by atoms with Crippen LogP contribution in [0.1, 0.15) is 18.4 Å². The summed E-state index contributed by atoms with van der Waals surface area (Å²) in [7, 11) is -2.08. The van der Waals surface area contributed by atoms with Gasteiger partial charge in [-0.25, -0.2) is 13.6 Å². The Labute approximate surface area is 205 Å². The van der Waals surface area contributed by atoms with Crippen LogP contribution in [0.3, 0.4) is 0 Å². The minimum Gasteiger partial charge on any atom is -0.496 e. The molecule has 35 heavy (non-hydrogen) atoms. The maximum absolute atomic E-state index is 12.8. The topological polar surface area (TPSA) is 128 Å². The van der Waals surface area contributed by atoms with E-state index in [0.717, 1.165) is 47.8 Å². The highest BCUT2D eigenvalue weighted by atomic mass is 32.2. The predicted octanol–water partition coefficient (Wildman–Crippen LogP) is 2.37.